The number of carbonyl (C=O) groups is 7. The number of amides is 6. The van der Waals surface area contributed by atoms with Gasteiger partial charge < -0.3 is 40.4 Å². The minimum Gasteiger partial charge on any atom is -0.458 e. The molecule has 18 nitrogen and oxygen atoms in total. The predicted octanol–water partition coefficient (Wildman–Crippen LogP) is 1.94. The van der Waals surface area contributed by atoms with E-state index in [0.717, 1.165) is 21.4 Å². The first kappa shape index (κ1) is 47.1. The first-order valence-corrected chi connectivity index (χ1v) is 21.5. The van der Waals surface area contributed by atoms with E-state index < -0.39 is 53.2 Å². The second kappa shape index (κ2) is 20.0. The Balaban J connectivity index is 0.905. The number of hydrogen-bond donors (Lipinski definition) is 5. The van der Waals surface area contributed by atoms with Gasteiger partial charge in [0.15, 0.2) is 5.60 Å². The van der Waals surface area contributed by atoms with Crippen LogP contribution < -0.4 is 26.8 Å². The molecule has 0 saturated carbocycles. The molecular weight excluding hydrogens is 834 g/mol. The van der Waals surface area contributed by atoms with Crippen molar-refractivity contribution < 1.29 is 52.5 Å². The summed E-state index contributed by atoms with van der Waals surface area (Å²) in [6, 6.07) is 1.99. The zero-order valence-corrected chi connectivity index (χ0v) is 36.6. The largest absolute Gasteiger partial charge is 0.458 e. The molecule has 3 aliphatic rings. The number of halogens is 1. The quantitative estimate of drug-likeness (QED) is 0.0370. The van der Waals surface area contributed by atoms with Crippen LogP contribution in [0.1, 0.15) is 100 Å². The fraction of sp³-hybridized carbons (Fsp3) is 0.489. The van der Waals surface area contributed by atoms with Crippen molar-refractivity contribution in [2.75, 3.05) is 19.9 Å². The van der Waals surface area contributed by atoms with Crippen LogP contribution in [0, 0.1) is 12.7 Å². The average Bonchev–Trinajstić information content (AvgIpc) is 3.79. The SMILES string of the molecule is CC[C@@]1(O)C(=O)OCc2c1cc1n(c2=O)Cc2cc3c(CCCCOCNC(=O)[C@H](C)NC(=O)[C@H](C)NC(=O)[C@H](C)NC(=O)CCCCCN4C(=O)C=CC4=O)c(C)c(F)cc3nc2-1. The molecule has 0 unspecified atom stereocenters. The molecule has 6 rings (SSSR count). The van der Waals surface area contributed by atoms with E-state index in [1.165, 1.54) is 43.6 Å². The second-order valence-corrected chi connectivity index (χ2v) is 16.4. The molecule has 6 amide bonds. The Morgan fingerprint density at radius 3 is 2.27 bits per heavy atom. The monoisotopic (exact) mass is 887 g/mol. The number of unbranched alkanes of at least 4 members (excludes halogenated alkanes) is 3. The maximum absolute atomic E-state index is 15.3. The van der Waals surface area contributed by atoms with Crippen LogP contribution in [-0.4, -0.2) is 99.0 Å². The van der Waals surface area contributed by atoms with Crippen LogP contribution in [0.15, 0.2) is 35.1 Å². The lowest BCUT2D eigenvalue weighted by molar-refractivity contribution is -0.172. The third kappa shape index (κ3) is 10.0. The number of hydrogen-bond acceptors (Lipinski definition) is 12. The van der Waals surface area contributed by atoms with Crippen molar-refractivity contribution in [2.45, 2.75) is 123 Å². The highest BCUT2D eigenvalue weighted by Gasteiger charge is 2.45. The van der Waals surface area contributed by atoms with Gasteiger partial charge in [0.25, 0.3) is 17.4 Å². The van der Waals surface area contributed by atoms with E-state index in [9.17, 15) is 43.5 Å². The van der Waals surface area contributed by atoms with Gasteiger partial charge in [-0.05, 0) is 89.5 Å². The molecule has 3 aliphatic heterocycles. The summed E-state index contributed by atoms with van der Waals surface area (Å²) >= 11 is 0. The fourth-order valence-electron chi connectivity index (χ4n) is 8.01. The lowest BCUT2D eigenvalue weighted by Gasteiger charge is -2.31. The Hall–Kier alpha value is -6.34. The molecule has 5 heterocycles. The van der Waals surface area contributed by atoms with Gasteiger partial charge in [0.2, 0.25) is 23.6 Å². The topological polar surface area (TPSA) is 244 Å². The number of pyridine rings is 2. The van der Waals surface area contributed by atoms with Crippen molar-refractivity contribution in [1.29, 1.82) is 0 Å². The third-order valence-electron chi connectivity index (χ3n) is 11.9. The van der Waals surface area contributed by atoms with Gasteiger partial charge in [-0.3, -0.25) is 38.5 Å². The number of carbonyl (C=O) groups excluding carboxylic acids is 7. The van der Waals surface area contributed by atoms with E-state index in [2.05, 4.69) is 21.3 Å². The van der Waals surface area contributed by atoms with Crippen LogP contribution >= 0.6 is 0 Å². The highest BCUT2D eigenvalue weighted by Crippen LogP contribution is 2.39. The standard InChI is InChI=1S/C45H54FN7O11/c1-6-45(62)32-19-35-39-28(21-53(35)43(60)31(32)22-64-44(45)61)18-30-29(24(2)33(46)20-34(30)51-39)12-9-11-17-63-23-47-40(57)25(3)49-42(59)27(5)50-41(58)26(4)48-36(54)13-8-7-10-16-52-37(55)14-15-38(52)56/h14-15,18-20,25-27,62H,6-13,16-17,21-23H2,1-5H3,(H,47,57)(H,48,54)(H,49,59)(H,50,58)/t25-,26-,27-,45-/m0/s1. The minimum atomic E-state index is -1.96. The Kier molecular flexibility index (Phi) is 14.7. The zero-order chi connectivity index (χ0) is 46.5. The van der Waals surface area contributed by atoms with Crippen LogP contribution in [0.2, 0.25) is 0 Å². The highest BCUT2D eigenvalue weighted by molar-refractivity contribution is 6.12. The van der Waals surface area contributed by atoms with E-state index >= 15 is 4.39 Å². The van der Waals surface area contributed by atoms with Gasteiger partial charge in [-0.1, -0.05) is 13.3 Å². The zero-order valence-electron chi connectivity index (χ0n) is 36.6. The van der Waals surface area contributed by atoms with Crippen LogP contribution in [0.25, 0.3) is 22.3 Å². The summed E-state index contributed by atoms with van der Waals surface area (Å²) < 4.78 is 27.6. The number of rotatable bonds is 20. The van der Waals surface area contributed by atoms with Gasteiger partial charge in [0, 0.05) is 54.3 Å². The van der Waals surface area contributed by atoms with E-state index in [-0.39, 0.29) is 80.3 Å². The molecule has 19 heteroatoms. The summed E-state index contributed by atoms with van der Waals surface area (Å²) in [4.78, 5) is 106. The lowest BCUT2D eigenvalue weighted by atomic mass is 9.86. The molecule has 0 saturated heterocycles. The first-order chi connectivity index (χ1) is 30.4. The van der Waals surface area contributed by atoms with Crippen molar-refractivity contribution in [3.05, 3.63) is 74.3 Å². The molecule has 2 aromatic heterocycles. The molecule has 3 aromatic rings. The summed E-state index contributed by atoms with van der Waals surface area (Å²) in [5.74, 6) is -4.04. The summed E-state index contributed by atoms with van der Waals surface area (Å²) in [5, 5.41) is 22.1. The number of benzene rings is 1. The number of esters is 1. The molecule has 342 valence electrons. The maximum atomic E-state index is 15.3. The van der Waals surface area contributed by atoms with E-state index in [0.29, 0.717) is 61.0 Å². The molecule has 4 atom stereocenters. The highest BCUT2D eigenvalue weighted by atomic mass is 19.1. The predicted molar refractivity (Wildman–Crippen MR) is 228 cm³/mol. The molecule has 1 aromatic carbocycles. The Morgan fingerprint density at radius 1 is 0.906 bits per heavy atom. The molecule has 0 radical (unpaired) electrons. The van der Waals surface area contributed by atoms with E-state index in [1.54, 1.807) is 19.9 Å². The minimum absolute atomic E-state index is 0.0164. The Bertz CT molecular complexity index is 2470. The number of aromatic nitrogens is 2. The van der Waals surface area contributed by atoms with Gasteiger partial charge in [0.1, 0.15) is 37.3 Å². The van der Waals surface area contributed by atoms with Crippen molar-refractivity contribution >= 4 is 52.3 Å². The van der Waals surface area contributed by atoms with E-state index in [1.807, 2.05) is 6.07 Å². The van der Waals surface area contributed by atoms with Crippen molar-refractivity contribution in [2.24, 2.45) is 0 Å². The Labute approximate surface area is 368 Å². The molecule has 0 bridgehead atoms. The first-order valence-electron chi connectivity index (χ1n) is 21.5. The molecule has 0 aliphatic carbocycles. The summed E-state index contributed by atoms with van der Waals surface area (Å²) in [5.41, 5.74) is 1.40. The van der Waals surface area contributed by atoms with Crippen molar-refractivity contribution in [3.63, 3.8) is 0 Å². The number of imide groups is 1. The van der Waals surface area contributed by atoms with Crippen molar-refractivity contribution in [3.8, 4) is 11.4 Å². The van der Waals surface area contributed by atoms with Gasteiger partial charge in [0.05, 0.1) is 29.0 Å². The fourth-order valence-corrected chi connectivity index (χ4v) is 8.01. The maximum Gasteiger partial charge on any atom is 0.343 e. The lowest BCUT2D eigenvalue weighted by Crippen LogP contribution is -2.54. The van der Waals surface area contributed by atoms with Gasteiger partial charge in [-0.25, -0.2) is 14.2 Å². The molecule has 5 N–H and O–H groups in total. The summed E-state index contributed by atoms with van der Waals surface area (Å²) in [7, 11) is 0. The molecular formula is C45H54FN7O11. The number of cyclic esters (lactones) is 1. The number of fused-ring (bicyclic) bond motifs is 5. The van der Waals surface area contributed by atoms with Crippen LogP contribution in [0.3, 0.4) is 0 Å². The smallest absolute Gasteiger partial charge is 0.343 e. The van der Waals surface area contributed by atoms with Crippen molar-refractivity contribution in [1.82, 2.24) is 35.7 Å². The number of aryl methyl sites for hydroxylation is 1. The van der Waals surface area contributed by atoms with Gasteiger partial charge in [-0.15, -0.1) is 0 Å². The number of nitrogens with one attached hydrogen (secondary N) is 4. The number of nitrogens with zero attached hydrogens (tertiary/aromatic N) is 3. The third-order valence-corrected chi connectivity index (χ3v) is 11.9. The average molecular weight is 888 g/mol. The molecule has 0 fully saturated rings. The molecule has 64 heavy (non-hydrogen) atoms. The number of aliphatic hydroxyl groups is 1. The summed E-state index contributed by atoms with van der Waals surface area (Å²) in [6.45, 7) is 8.12. The number of ether oxygens (including phenoxy) is 2. The van der Waals surface area contributed by atoms with Crippen LogP contribution in [0.4, 0.5) is 4.39 Å². The summed E-state index contributed by atoms with van der Waals surface area (Å²) in [6.07, 6.45) is 5.91. The second-order valence-electron chi connectivity index (χ2n) is 16.4. The van der Waals surface area contributed by atoms with Crippen LogP contribution in [0.5, 0.6) is 0 Å². The normalized spacial score (nSPS) is 17.6. The van der Waals surface area contributed by atoms with Gasteiger partial charge in [-0.2, -0.15) is 0 Å². The van der Waals surface area contributed by atoms with Crippen LogP contribution in [-0.2, 0) is 68.2 Å². The Morgan fingerprint density at radius 2 is 1.58 bits per heavy atom. The molecule has 0 spiro atoms. The van der Waals surface area contributed by atoms with E-state index in [4.69, 9.17) is 14.5 Å². The van der Waals surface area contributed by atoms with Gasteiger partial charge >= 0.3 is 5.97 Å².